The number of hydrogen-bond acceptors (Lipinski definition) is 4. The van der Waals surface area contributed by atoms with Crippen molar-refractivity contribution in [3.8, 4) is 0 Å². The second-order valence-corrected chi connectivity index (χ2v) is 8.70. The molecule has 6 nitrogen and oxygen atoms in total. The summed E-state index contributed by atoms with van der Waals surface area (Å²) in [7, 11) is -3.50. The number of carbonyl (C=O) groups is 1. The molecule has 158 valence electrons. The van der Waals surface area contributed by atoms with Crippen molar-refractivity contribution in [1.29, 1.82) is 0 Å². The van der Waals surface area contributed by atoms with Gasteiger partial charge in [0.05, 0.1) is 10.9 Å². The zero-order valence-electron chi connectivity index (χ0n) is 17.1. The quantitative estimate of drug-likeness (QED) is 0.649. The van der Waals surface area contributed by atoms with Crippen LogP contribution < -0.4 is 10.6 Å². The number of sulfonamides is 1. The second-order valence-electron chi connectivity index (χ2n) is 6.76. The van der Waals surface area contributed by atoms with E-state index in [2.05, 4.69) is 10.6 Å². The van der Waals surface area contributed by atoms with Crippen LogP contribution in [0.4, 0.5) is 10.1 Å². The zero-order valence-corrected chi connectivity index (χ0v) is 18.0. The Balaban J connectivity index is 2.02. The molecule has 1 amide bonds. The average molecular weight is 422 g/mol. The highest BCUT2D eigenvalue weighted by atomic mass is 32.2. The fourth-order valence-corrected chi connectivity index (χ4v) is 4.43. The molecular formula is C21H28FN3O3S. The summed E-state index contributed by atoms with van der Waals surface area (Å²) in [6.07, 6.45) is 0. The van der Waals surface area contributed by atoms with Crippen molar-refractivity contribution >= 4 is 21.6 Å². The molecule has 29 heavy (non-hydrogen) atoms. The van der Waals surface area contributed by atoms with Gasteiger partial charge in [-0.05, 0) is 55.8 Å². The van der Waals surface area contributed by atoms with E-state index in [4.69, 9.17) is 0 Å². The third kappa shape index (κ3) is 5.85. The van der Waals surface area contributed by atoms with Crippen molar-refractivity contribution < 1.29 is 17.6 Å². The lowest BCUT2D eigenvalue weighted by Crippen LogP contribution is -2.39. The lowest BCUT2D eigenvalue weighted by atomic mass is 10.1. The van der Waals surface area contributed by atoms with E-state index < -0.39 is 16.1 Å². The number of anilines is 1. The summed E-state index contributed by atoms with van der Waals surface area (Å²) in [6, 6.07) is 11.6. The molecule has 2 aromatic rings. The Morgan fingerprint density at radius 3 is 2.07 bits per heavy atom. The summed E-state index contributed by atoms with van der Waals surface area (Å²) < 4.78 is 39.5. The van der Waals surface area contributed by atoms with Gasteiger partial charge >= 0.3 is 0 Å². The van der Waals surface area contributed by atoms with Crippen molar-refractivity contribution in [2.24, 2.45) is 0 Å². The van der Waals surface area contributed by atoms with Crippen LogP contribution in [0.15, 0.2) is 53.4 Å². The van der Waals surface area contributed by atoms with Crippen LogP contribution in [-0.4, -0.2) is 37.8 Å². The van der Waals surface area contributed by atoms with Crippen molar-refractivity contribution in [2.45, 2.75) is 44.7 Å². The Labute approximate surface area is 172 Å². The van der Waals surface area contributed by atoms with Gasteiger partial charge in [0.1, 0.15) is 5.82 Å². The molecule has 0 aliphatic heterocycles. The van der Waals surface area contributed by atoms with Crippen LogP contribution in [-0.2, 0) is 14.8 Å². The third-order valence-corrected chi connectivity index (χ3v) is 6.79. The van der Waals surface area contributed by atoms with Crippen LogP contribution in [0.2, 0.25) is 0 Å². The van der Waals surface area contributed by atoms with Crippen molar-refractivity contribution in [3.63, 3.8) is 0 Å². The van der Waals surface area contributed by atoms with E-state index in [1.54, 1.807) is 45.0 Å². The highest BCUT2D eigenvalue weighted by Crippen LogP contribution is 2.20. The molecule has 0 aromatic heterocycles. The number of nitrogens with one attached hydrogen (secondary N) is 2. The minimum Gasteiger partial charge on any atom is -0.325 e. The summed E-state index contributed by atoms with van der Waals surface area (Å²) in [5.74, 6) is -0.613. The van der Waals surface area contributed by atoms with Gasteiger partial charge in [-0.2, -0.15) is 4.31 Å². The predicted octanol–water partition coefficient (Wildman–Crippen LogP) is 3.53. The number of carbonyl (C=O) groups excluding carboxylic acids is 1. The third-order valence-electron chi connectivity index (χ3n) is 4.73. The SMILES string of the molecule is CCN(CC)S(=O)(=O)c1ccc([C@@H](C)N[C@H](C)C(=O)Nc2ccc(F)cc2)cc1. The first-order valence-corrected chi connectivity index (χ1v) is 11.1. The first kappa shape index (κ1) is 23.0. The number of halogens is 1. The molecule has 0 bridgehead atoms. The van der Waals surface area contributed by atoms with Crippen LogP contribution in [0, 0.1) is 5.82 Å². The Morgan fingerprint density at radius 1 is 1.00 bits per heavy atom. The van der Waals surface area contributed by atoms with Crippen molar-refractivity contribution in [1.82, 2.24) is 9.62 Å². The molecule has 8 heteroatoms. The first-order chi connectivity index (χ1) is 13.7. The topological polar surface area (TPSA) is 78.5 Å². The highest BCUT2D eigenvalue weighted by Gasteiger charge is 2.22. The van der Waals surface area contributed by atoms with Gasteiger partial charge in [-0.15, -0.1) is 0 Å². The number of amides is 1. The van der Waals surface area contributed by atoms with Crippen molar-refractivity contribution in [2.75, 3.05) is 18.4 Å². The van der Waals surface area contributed by atoms with Gasteiger partial charge in [0.15, 0.2) is 0 Å². The summed E-state index contributed by atoms with van der Waals surface area (Å²) >= 11 is 0. The summed E-state index contributed by atoms with van der Waals surface area (Å²) in [5, 5.41) is 5.91. The summed E-state index contributed by atoms with van der Waals surface area (Å²) in [4.78, 5) is 12.6. The molecule has 0 aliphatic rings. The molecule has 0 heterocycles. The number of benzene rings is 2. The molecule has 0 radical (unpaired) electrons. The van der Waals surface area contributed by atoms with Gasteiger partial charge in [-0.3, -0.25) is 10.1 Å². The maximum atomic E-state index is 13.0. The average Bonchev–Trinajstić information content (AvgIpc) is 2.70. The molecule has 0 fully saturated rings. The maximum absolute atomic E-state index is 13.0. The zero-order chi connectivity index (χ0) is 21.6. The molecule has 0 unspecified atom stereocenters. The lowest BCUT2D eigenvalue weighted by molar-refractivity contribution is -0.117. The molecule has 0 aliphatic carbocycles. The maximum Gasteiger partial charge on any atom is 0.243 e. The number of hydrogen-bond donors (Lipinski definition) is 2. The van der Waals surface area contributed by atoms with E-state index >= 15 is 0 Å². The van der Waals surface area contributed by atoms with E-state index in [1.807, 2.05) is 6.92 Å². The molecule has 0 saturated carbocycles. The molecule has 2 aromatic carbocycles. The molecular weight excluding hydrogens is 393 g/mol. The monoisotopic (exact) mass is 421 g/mol. The van der Waals surface area contributed by atoms with Gasteiger partial charge in [-0.25, -0.2) is 12.8 Å². The van der Waals surface area contributed by atoms with Gasteiger partial charge in [0.2, 0.25) is 15.9 Å². The van der Waals surface area contributed by atoms with Gasteiger partial charge in [-0.1, -0.05) is 26.0 Å². The van der Waals surface area contributed by atoms with E-state index in [-0.39, 0.29) is 22.7 Å². The molecule has 0 spiro atoms. The Morgan fingerprint density at radius 2 is 1.55 bits per heavy atom. The van der Waals surface area contributed by atoms with E-state index in [1.165, 1.54) is 28.6 Å². The predicted molar refractivity (Wildman–Crippen MR) is 113 cm³/mol. The van der Waals surface area contributed by atoms with Crippen LogP contribution >= 0.6 is 0 Å². The fraction of sp³-hybridized carbons (Fsp3) is 0.381. The second kappa shape index (κ2) is 9.96. The highest BCUT2D eigenvalue weighted by molar-refractivity contribution is 7.89. The Kier molecular flexibility index (Phi) is 7.89. The van der Waals surface area contributed by atoms with E-state index in [0.29, 0.717) is 18.8 Å². The molecule has 2 N–H and O–H groups in total. The Bertz CT molecular complexity index is 911. The van der Waals surface area contributed by atoms with Crippen LogP contribution in [0.3, 0.4) is 0 Å². The largest absolute Gasteiger partial charge is 0.325 e. The minimum atomic E-state index is -3.50. The fourth-order valence-electron chi connectivity index (χ4n) is 2.97. The van der Waals surface area contributed by atoms with E-state index in [9.17, 15) is 17.6 Å². The molecule has 0 saturated heterocycles. The van der Waals surface area contributed by atoms with Crippen LogP contribution in [0.5, 0.6) is 0 Å². The summed E-state index contributed by atoms with van der Waals surface area (Å²) in [6.45, 7) is 8.07. The number of rotatable bonds is 9. The normalized spacial score (nSPS) is 13.9. The smallest absolute Gasteiger partial charge is 0.243 e. The van der Waals surface area contributed by atoms with E-state index in [0.717, 1.165) is 5.56 Å². The minimum absolute atomic E-state index is 0.172. The standard InChI is InChI=1S/C21H28FN3O3S/c1-5-25(6-2)29(27,28)20-13-7-17(8-14-20)15(3)23-16(4)21(26)24-19-11-9-18(22)10-12-19/h7-16,23H,5-6H2,1-4H3,(H,24,26)/t15-,16-/m1/s1. The lowest BCUT2D eigenvalue weighted by Gasteiger charge is -2.21. The number of nitrogens with zero attached hydrogens (tertiary/aromatic N) is 1. The van der Waals surface area contributed by atoms with Crippen LogP contribution in [0.1, 0.15) is 39.3 Å². The van der Waals surface area contributed by atoms with Gasteiger partial charge < -0.3 is 5.32 Å². The van der Waals surface area contributed by atoms with Crippen LogP contribution in [0.25, 0.3) is 0 Å². The van der Waals surface area contributed by atoms with Crippen molar-refractivity contribution in [3.05, 3.63) is 59.9 Å². The van der Waals surface area contributed by atoms with Gasteiger partial charge in [0.25, 0.3) is 0 Å². The molecule has 2 rings (SSSR count). The van der Waals surface area contributed by atoms with Gasteiger partial charge in [0, 0.05) is 24.8 Å². The Hall–Kier alpha value is -2.29. The first-order valence-electron chi connectivity index (χ1n) is 9.61. The molecule has 2 atom stereocenters. The summed E-state index contributed by atoms with van der Waals surface area (Å²) in [5.41, 5.74) is 1.38.